The van der Waals surface area contributed by atoms with E-state index in [2.05, 4.69) is 9.80 Å². The molecule has 212 valence electrons. The number of carboxylic acids is 1. The molecule has 6 heteroatoms. The molecule has 3 aliphatic rings. The fraction of sp³-hybridized carbons (Fsp3) is 0.606. The van der Waals surface area contributed by atoms with E-state index in [0.29, 0.717) is 18.4 Å². The average molecular weight is 539 g/mol. The largest absolute Gasteiger partial charge is 0.480 e. The number of hydrogen-bond donors (Lipinski definition) is 1. The Balaban J connectivity index is 1.17. The molecule has 0 spiro atoms. The van der Waals surface area contributed by atoms with Crippen LogP contribution in [0.25, 0.3) is 0 Å². The van der Waals surface area contributed by atoms with Crippen LogP contribution in [0.15, 0.2) is 42.5 Å². The van der Waals surface area contributed by atoms with Crippen LogP contribution in [-0.2, 0) is 11.2 Å². The molecule has 3 fully saturated rings. The molecule has 0 aromatic heterocycles. The number of rotatable bonds is 11. The Bertz CT molecular complexity index is 1090. The third-order valence-corrected chi connectivity index (χ3v) is 9.85. The molecule has 0 radical (unpaired) electrons. The van der Waals surface area contributed by atoms with Crippen molar-refractivity contribution in [3.05, 3.63) is 70.8 Å². The van der Waals surface area contributed by atoms with Gasteiger partial charge in [-0.25, -0.2) is 8.78 Å². The Kier molecular flexibility index (Phi) is 9.34. The highest BCUT2D eigenvalue weighted by Crippen LogP contribution is 2.38. The van der Waals surface area contributed by atoms with Gasteiger partial charge in [0.25, 0.3) is 0 Å². The van der Waals surface area contributed by atoms with E-state index in [1.807, 2.05) is 19.1 Å². The normalized spacial score (nSPS) is 24.1. The van der Waals surface area contributed by atoms with Gasteiger partial charge in [0.1, 0.15) is 17.7 Å². The molecule has 1 saturated carbocycles. The molecular formula is C33H44F2N2O2. The molecule has 2 aromatic rings. The van der Waals surface area contributed by atoms with E-state index in [0.717, 1.165) is 94.2 Å². The first-order chi connectivity index (χ1) is 18.9. The lowest BCUT2D eigenvalue weighted by atomic mass is 9.80. The molecule has 2 aliphatic heterocycles. The topological polar surface area (TPSA) is 43.8 Å². The summed E-state index contributed by atoms with van der Waals surface area (Å²) in [5.74, 6) is 0.611. The summed E-state index contributed by atoms with van der Waals surface area (Å²) >= 11 is 0. The molecule has 39 heavy (non-hydrogen) atoms. The van der Waals surface area contributed by atoms with E-state index in [4.69, 9.17) is 0 Å². The summed E-state index contributed by atoms with van der Waals surface area (Å²) < 4.78 is 28.4. The highest BCUT2D eigenvalue weighted by Gasteiger charge is 2.41. The van der Waals surface area contributed by atoms with Crippen molar-refractivity contribution in [1.82, 2.24) is 9.80 Å². The van der Waals surface area contributed by atoms with Crippen LogP contribution in [0, 0.1) is 36.3 Å². The van der Waals surface area contributed by atoms with Gasteiger partial charge in [-0.15, -0.1) is 0 Å². The van der Waals surface area contributed by atoms with E-state index in [1.54, 1.807) is 24.3 Å². The van der Waals surface area contributed by atoms with Crippen molar-refractivity contribution in [2.75, 3.05) is 32.7 Å². The lowest BCUT2D eigenvalue weighted by Gasteiger charge is -2.35. The number of carboxylic acid groups (broad SMARTS) is 1. The van der Waals surface area contributed by atoms with E-state index < -0.39 is 12.0 Å². The molecule has 3 atom stereocenters. The highest BCUT2D eigenvalue weighted by molar-refractivity contribution is 5.73. The summed E-state index contributed by atoms with van der Waals surface area (Å²) in [6.45, 7) is 6.44. The summed E-state index contributed by atoms with van der Waals surface area (Å²) in [5.41, 5.74) is 2.90. The van der Waals surface area contributed by atoms with Crippen molar-refractivity contribution in [3.63, 3.8) is 0 Å². The zero-order valence-corrected chi connectivity index (χ0v) is 23.3. The maximum atomic E-state index is 14.2. The minimum Gasteiger partial charge on any atom is -0.480 e. The van der Waals surface area contributed by atoms with Crippen molar-refractivity contribution in [3.8, 4) is 0 Å². The lowest BCUT2D eigenvalue weighted by molar-refractivity contribution is -0.144. The number of hydrogen-bond acceptors (Lipinski definition) is 3. The Labute approximate surface area is 232 Å². The second-order valence-electron chi connectivity index (χ2n) is 12.4. The van der Waals surface area contributed by atoms with E-state index >= 15 is 0 Å². The van der Waals surface area contributed by atoms with Gasteiger partial charge >= 0.3 is 5.97 Å². The smallest absolute Gasteiger partial charge is 0.320 e. The molecule has 5 rings (SSSR count). The summed E-state index contributed by atoms with van der Waals surface area (Å²) in [5, 5.41) is 10.1. The molecular weight excluding hydrogens is 494 g/mol. The van der Waals surface area contributed by atoms with Crippen LogP contribution in [0.1, 0.15) is 74.0 Å². The number of piperidine rings is 1. The Morgan fingerprint density at radius 2 is 1.79 bits per heavy atom. The third kappa shape index (κ3) is 7.07. The van der Waals surface area contributed by atoms with Crippen LogP contribution in [0.2, 0.25) is 0 Å². The lowest BCUT2D eigenvalue weighted by Crippen LogP contribution is -2.43. The first-order valence-corrected chi connectivity index (χ1v) is 15.1. The van der Waals surface area contributed by atoms with E-state index in [1.165, 1.54) is 12.5 Å². The quantitative estimate of drug-likeness (QED) is 0.347. The van der Waals surface area contributed by atoms with Crippen LogP contribution in [0.5, 0.6) is 0 Å². The SMILES string of the molecule is Cc1cccc(F)c1CCCC1CCN(C[C@H]2CN([C@H](CC3CCC3)C(=O)O)C[C@@H]2c2cccc(F)c2)CC1. The van der Waals surface area contributed by atoms with Gasteiger partial charge in [-0.05, 0) is 105 Å². The van der Waals surface area contributed by atoms with Crippen LogP contribution in [0.3, 0.4) is 0 Å². The maximum Gasteiger partial charge on any atom is 0.320 e. The monoisotopic (exact) mass is 538 g/mol. The van der Waals surface area contributed by atoms with Crippen molar-refractivity contribution in [2.24, 2.45) is 17.8 Å². The Morgan fingerprint density at radius 1 is 1.03 bits per heavy atom. The second-order valence-corrected chi connectivity index (χ2v) is 12.4. The fourth-order valence-electron chi connectivity index (χ4n) is 7.25. The van der Waals surface area contributed by atoms with Gasteiger partial charge in [-0.1, -0.05) is 49.9 Å². The zero-order chi connectivity index (χ0) is 27.4. The molecule has 1 N–H and O–H groups in total. The second kappa shape index (κ2) is 12.9. The number of nitrogens with zero attached hydrogens (tertiary/aromatic N) is 2. The first kappa shape index (κ1) is 28.2. The van der Waals surface area contributed by atoms with Crippen molar-refractivity contribution >= 4 is 5.97 Å². The molecule has 1 aliphatic carbocycles. The fourth-order valence-corrected chi connectivity index (χ4v) is 7.25. The predicted octanol–water partition coefficient (Wildman–Crippen LogP) is 6.67. The highest BCUT2D eigenvalue weighted by atomic mass is 19.1. The van der Waals surface area contributed by atoms with E-state index in [9.17, 15) is 18.7 Å². The number of benzene rings is 2. The molecule has 4 nitrogen and oxygen atoms in total. The minimum atomic E-state index is -0.716. The minimum absolute atomic E-state index is 0.0823. The summed E-state index contributed by atoms with van der Waals surface area (Å²) in [4.78, 5) is 17.0. The number of aliphatic carboxylic acids is 1. The average Bonchev–Trinajstić information content (AvgIpc) is 3.29. The summed E-state index contributed by atoms with van der Waals surface area (Å²) in [6.07, 6.45) is 9.48. The predicted molar refractivity (Wildman–Crippen MR) is 151 cm³/mol. The molecule has 0 amide bonds. The number of halogens is 2. The molecule has 2 heterocycles. The summed E-state index contributed by atoms with van der Waals surface area (Å²) in [7, 11) is 0. The van der Waals surface area contributed by atoms with Gasteiger partial charge in [0.05, 0.1) is 0 Å². The van der Waals surface area contributed by atoms with Crippen molar-refractivity contribution in [2.45, 2.75) is 76.7 Å². The van der Waals surface area contributed by atoms with Gasteiger partial charge in [0.2, 0.25) is 0 Å². The van der Waals surface area contributed by atoms with Gasteiger partial charge in [-0.2, -0.15) is 0 Å². The van der Waals surface area contributed by atoms with Gasteiger partial charge in [0.15, 0.2) is 0 Å². The van der Waals surface area contributed by atoms with E-state index in [-0.39, 0.29) is 23.5 Å². The number of aryl methyl sites for hydroxylation is 1. The van der Waals surface area contributed by atoms with Crippen LogP contribution in [-0.4, -0.2) is 59.6 Å². The van der Waals surface area contributed by atoms with Gasteiger partial charge < -0.3 is 10.0 Å². The third-order valence-electron chi connectivity index (χ3n) is 9.85. The molecule has 0 unspecified atom stereocenters. The molecule has 2 aromatic carbocycles. The molecule has 0 bridgehead atoms. The van der Waals surface area contributed by atoms with Gasteiger partial charge in [0, 0.05) is 25.6 Å². The maximum absolute atomic E-state index is 14.2. The van der Waals surface area contributed by atoms with Crippen LogP contribution >= 0.6 is 0 Å². The standard InChI is InChI=1S/C33H44F2N2O2/c1-23-6-2-13-31(35)29(23)12-4-7-24-14-16-36(17-15-24)20-27-21-37(32(33(38)39)18-25-8-3-9-25)22-30(27)26-10-5-11-28(34)19-26/h2,5-6,10-11,13,19,24-25,27,30,32H,3-4,7-9,12,14-18,20-22H2,1H3,(H,38,39)/t27-,30+,32+/m0/s1. The number of likely N-dealkylation sites (tertiary alicyclic amines) is 2. The summed E-state index contributed by atoms with van der Waals surface area (Å²) in [6, 6.07) is 11.8. The first-order valence-electron chi connectivity index (χ1n) is 15.1. The zero-order valence-electron chi connectivity index (χ0n) is 23.3. The van der Waals surface area contributed by atoms with Crippen molar-refractivity contribution < 1.29 is 18.7 Å². The Morgan fingerprint density at radius 3 is 2.46 bits per heavy atom. The molecule has 2 saturated heterocycles. The van der Waals surface area contributed by atoms with Crippen LogP contribution in [0.4, 0.5) is 8.78 Å². The van der Waals surface area contributed by atoms with Crippen molar-refractivity contribution in [1.29, 1.82) is 0 Å². The van der Waals surface area contributed by atoms with Crippen LogP contribution < -0.4 is 0 Å². The van der Waals surface area contributed by atoms with Gasteiger partial charge in [-0.3, -0.25) is 9.69 Å². The Hall–Kier alpha value is -2.31. The number of carbonyl (C=O) groups is 1.